The van der Waals surface area contributed by atoms with Gasteiger partial charge in [-0.2, -0.15) is 0 Å². The lowest BCUT2D eigenvalue weighted by atomic mass is 10.0. The predicted molar refractivity (Wildman–Crippen MR) is 113 cm³/mol. The van der Waals surface area contributed by atoms with Gasteiger partial charge in [0, 0.05) is 41.7 Å². The quantitative estimate of drug-likeness (QED) is 0.731. The van der Waals surface area contributed by atoms with E-state index in [4.69, 9.17) is 0 Å². The third kappa shape index (κ3) is 3.60. The number of likely N-dealkylation sites (N-methyl/N-ethyl adjacent to an activating group) is 1. The number of anilines is 2. The number of benzene rings is 2. The average molecular weight is 361 g/mol. The number of nitrogens with zero attached hydrogens (tertiary/aromatic N) is 3. The van der Waals surface area contributed by atoms with E-state index in [0.717, 1.165) is 40.1 Å². The fraction of sp³-hybridized carbons (Fsp3) is 0.364. The summed E-state index contributed by atoms with van der Waals surface area (Å²) in [5.74, 6) is 0.882. The summed E-state index contributed by atoms with van der Waals surface area (Å²) >= 11 is 0. The summed E-state index contributed by atoms with van der Waals surface area (Å²) in [4.78, 5) is 2.37. The molecular weight excluding hydrogens is 334 g/mol. The number of piperidine rings is 1. The minimum atomic E-state index is 0.416. The van der Waals surface area contributed by atoms with Crippen LogP contribution in [0.25, 0.3) is 22.0 Å². The van der Waals surface area contributed by atoms with E-state index in [1.165, 1.54) is 24.9 Å². The molecule has 1 saturated heterocycles. The van der Waals surface area contributed by atoms with Gasteiger partial charge in [-0.05, 0) is 45.0 Å². The molecule has 5 heteroatoms. The first-order valence-corrected chi connectivity index (χ1v) is 9.65. The predicted octanol–water partition coefficient (Wildman–Crippen LogP) is 4.15. The van der Waals surface area contributed by atoms with Crippen LogP contribution in [0, 0.1) is 6.92 Å². The Morgan fingerprint density at radius 3 is 2.67 bits per heavy atom. The van der Waals surface area contributed by atoms with Gasteiger partial charge in [0.15, 0.2) is 5.82 Å². The number of aromatic nitrogens is 2. The summed E-state index contributed by atoms with van der Waals surface area (Å²) in [6.07, 6.45) is 2.39. The van der Waals surface area contributed by atoms with Crippen LogP contribution in [0.5, 0.6) is 0 Å². The van der Waals surface area contributed by atoms with E-state index in [1.54, 1.807) is 0 Å². The van der Waals surface area contributed by atoms with E-state index >= 15 is 0 Å². The second-order valence-corrected chi connectivity index (χ2v) is 7.49. The van der Waals surface area contributed by atoms with Gasteiger partial charge in [0.1, 0.15) is 5.69 Å². The van der Waals surface area contributed by atoms with Crippen LogP contribution in [-0.4, -0.2) is 48.3 Å². The molecule has 0 saturated carbocycles. The van der Waals surface area contributed by atoms with Gasteiger partial charge in [0.2, 0.25) is 0 Å². The van der Waals surface area contributed by atoms with E-state index in [0.29, 0.717) is 6.04 Å². The maximum absolute atomic E-state index is 4.63. The molecule has 0 bridgehead atoms. The molecule has 0 aliphatic carbocycles. The van der Waals surface area contributed by atoms with E-state index in [-0.39, 0.29) is 0 Å². The Morgan fingerprint density at radius 2 is 1.89 bits per heavy atom. The number of nitrogens with one attached hydrogen (secondary N) is 2. The van der Waals surface area contributed by atoms with Crippen molar-refractivity contribution in [3.63, 3.8) is 0 Å². The highest BCUT2D eigenvalue weighted by Crippen LogP contribution is 2.34. The lowest BCUT2D eigenvalue weighted by molar-refractivity contribution is 0.261. The number of fused-ring (bicyclic) bond motifs is 1. The summed E-state index contributed by atoms with van der Waals surface area (Å²) in [5.41, 5.74) is 4.29. The second kappa shape index (κ2) is 7.53. The molecule has 1 atom stereocenters. The highest BCUT2D eigenvalue weighted by atomic mass is 15.2. The molecule has 3 aromatic rings. The summed E-state index contributed by atoms with van der Waals surface area (Å²) in [6, 6.07) is 15.2. The van der Waals surface area contributed by atoms with Crippen molar-refractivity contribution in [3.8, 4) is 11.3 Å². The SMILES string of the molecule is CNc1cc(C)ccc1-c1nnc(NC2CCCN(C)C2)c2ccccc12. The average Bonchev–Trinajstić information content (AvgIpc) is 2.68. The molecule has 5 nitrogen and oxygen atoms in total. The number of aryl methyl sites for hydroxylation is 1. The summed E-state index contributed by atoms with van der Waals surface area (Å²) in [7, 11) is 4.13. The first-order valence-electron chi connectivity index (χ1n) is 9.65. The molecule has 1 aliphatic heterocycles. The minimum absolute atomic E-state index is 0.416. The fourth-order valence-corrected chi connectivity index (χ4v) is 3.96. The van der Waals surface area contributed by atoms with Gasteiger partial charge >= 0.3 is 0 Å². The van der Waals surface area contributed by atoms with E-state index in [1.807, 2.05) is 7.05 Å². The van der Waals surface area contributed by atoms with Gasteiger partial charge in [-0.15, -0.1) is 10.2 Å². The highest BCUT2D eigenvalue weighted by Gasteiger charge is 2.20. The molecule has 1 fully saturated rings. The van der Waals surface area contributed by atoms with Crippen LogP contribution in [-0.2, 0) is 0 Å². The van der Waals surface area contributed by atoms with Gasteiger partial charge in [0.05, 0.1) is 0 Å². The molecule has 2 N–H and O–H groups in total. The molecule has 1 unspecified atom stereocenters. The lowest BCUT2D eigenvalue weighted by Crippen LogP contribution is -2.40. The number of hydrogen-bond donors (Lipinski definition) is 2. The molecule has 1 aliphatic rings. The second-order valence-electron chi connectivity index (χ2n) is 7.49. The van der Waals surface area contributed by atoms with Crippen LogP contribution in [0.1, 0.15) is 18.4 Å². The summed E-state index contributed by atoms with van der Waals surface area (Å²) < 4.78 is 0. The number of rotatable bonds is 4. The molecule has 27 heavy (non-hydrogen) atoms. The lowest BCUT2D eigenvalue weighted by Gasteiger charge is -2.30. The zero-order valence-electron chi connectivity index (χ0n) is 16.3. The zero-order valence-corrected chi connectivity index (χ0v) is 16.3. The molecule has 0 radical (unpaired) electrons. The Hall–Kier alpha value is -2.66. The van der Waals surface area contributed by atoms with Crippen molar-refractivity contribution in [1.82, 2.24) is 15.1 Å². The van der Waals surface area contributed by atoms with Crippen LogP contribution >= 0.6 is 0 Å². The van der Waals surface area contributed by atoms with Crippen molar-refractivity contribution >= 4 is 22.3 Å². The standard InChI is InChI=1S/C22H27N5/c1-15-10-11-19(20(13-15)23-2)21-17-8-4-5-9-18(17)22(26-25-21)24-16-7-6-12-27(3)14-16/h4-5,8-11,13,16,23H,6-7,12,14H2,1-3H3,(H,24,26). The maximum Gasteiger partial charge on any atom is 0.156 e. The normalized spacial score (nSPS) is 17.8. The molecule has 4 rings (SSSR count). The van der Waals surface area contributed by atoms with Crippen molar-refractivity contribution in [2.45, 2.75) is 25.8 Å². The molecule has 140 valence electrons. The Bertz CT molecular complexity index is 953. The van der Waals surface area contributed by atoms with Crippen LogP contribution < -0.4 is 10.6 Å². The smallest absolute Gasteiger partial charge is 0.156 e. The van der Waals surface area contributed by atoms with Crippen molar-refractivity contribution < 1.29 is 0 Å². The van der Waals surface area contributed by atoms with Crippen molar-refractivity contribution in [2.75, 3.05) is 37.8 Å². The number of hydrogen-bond acceptors (Lipinski definition) is 5. The third-order valence-electron chi connectivity index (χ3n) is 5.35. The first kappa shape index (κ1) is 17.7. The zero-order chi connectivity index (χ0) is 18.8. The van der Waals surface area contributed by atoms with Crippen LogP contribution in [0.2, 0.25) is 0 Å². The Morgan fingerprint density at radius 1 is 1.07 bits per heavy atom. The fourth-order valence-electron chi connectivity index (χ4n) is 3.96. The largest absolute Gasteiger partial charge is 0.388 e. The van der Waals surface area contributed by atoms with Crippen LogP contribution in [0.4, 0.5) is 11.5 Å². The Labute approximate surface area is 160 Å². The minimum Gasteiger partial charge on any atom is -0.388 e. The van der Waals surface area contributed by atoms with Crippen molar-refractivity contribution in [2.24, 2.45) is 0 Å². The molecule has 0 amide bonds. The van der Waals surface area contributed by atoms with Gasteiger partial charge in [-0.25, -0.2) is 0 Å². The third-order valence-corrected chi connectivity index (χ3v) is 5.35. The maximum atomic E-state index is 4.63. The summed E-state index contributed by atoms with van der Waals surface area (Å²) in [6.45, 7) is 4.31. The number of likely N-dealkylation sites (tertiary alicyclic amines) is 1. The van der Waals surface area contributed by atoms with Crippen LogP contribution in [0.3, 0.4) is 0 Å². The summed E-state index contributed by atoms with van der Waals surface area (Å²) in [5, 5.41) is 18.4. The Balaban J connectivity index is 1.77. The molecular formula is C22H27N5. The van der Waals surface area contributed by atoms with E-state index < -0.39 is 0 Å². The molecule has 2 aromatic carbocycles. The monoisotopic (exact) mass is 361 g/mol. The van der Waals surface area contributed by atoms with Crippen molar-refractivity contribution in [1.29, 1.82) is 0 Å². The topological polar surface area (TPSA) is 53.1 Å². The van der Waals surface area contributed by atoms with E-state index in [9.17, 15) is 0 Å². The molecule has 1 aromatic heterocycles. The van der Waals surface area contributed by atoms with Gasteiger partial charge < -0.3 is 15.5 Å². The van der Waals surface area contributed by atoms with Crippen molar-refractivity contribution in [3.05, 3.63) is 48.0 Å². The Kier molecular flexibility index (Phi) is 4.94. The van der Waals surface area contributed by atoms with Gasteiger partial charge in [0.25, 0.3) is 0 Å². The molecule has 2 heterocycles. The first-order chi connectivity index (χ1) is 13.2. The highest BCUT2D eigenvalue weighted by molar-refractivity contribution is 6.02. The van der Waals surface area contributed by atoms with E-state index in [2.05, 4.69) is 82.2 Å². The van der Waals surface area contributed by atoms with Gasteiger partial charge in [-0.3, -0.25) is 0 Å². The van der Waals surface area contributed by atoms with Crippen LogP contribution in [0.15, 0.2) is 42.5 Å². The van der Waals surface area contributed by atoms with Gasteiger partial charge in [-0.1, -0.05) is 36.4 Å². The molecule has 0 spiro atoms.